The van der Waals surface area contributed by atoms with Gasteiger partial charge < -0.3 is 15.5 Å². The maximum absolute atomic E-state index is 12.5. The van der Waals surface area contributed by atoms with Gasteiger partial charge in [-0.1, -0.05) is 30.3 Å². The molecule has 0 aromatic heterocycles. The average Bonchev–Trinajstić information content (AvgIpc) is 2.68. The Morgan fingerprint density at radius 2 is 1.55 bits per heavy atom. The van der Waals surface area contributed by atoms with Gasteiger partial charge in [0, 0.05) is 32.0 Å². The van der Waals surface area contributed by atoms with Crippen LogP contribution in [0, 0.1) is 13.8 Å². The van der Waals surface area contributed by atoms with Gasteiger partial charge in [-0.3, -0.25) is 14.5 Å². The number of nitrogens with zero attached hydrogens (tertiary/aromatic N) is 2. The molecule has 0 spiro atoms. The van der Waals surface area contributed by atoms with Gasteiger partial charge in [0.05, 0.1) is 12.6 Å². The minimum absolute atomic E-state index is 0.0533. The van der Waals surface area contributed by atoms with Gasteiger partial charge in [0.2, 0.25) is 11.8 Å². The van der Waals surface area contributed by atoms with E-state index in [1.807, 2.05) is 69.9 Å². The van der Waals surface area contributed by atoms with Gasteiger partial charge >= 0.3 is 0 Å². The Bertz CT molecular complexity index is 826. The van der Waals surface area contributed by atoms with Crippen molar-refractivity contribution in [3.63, 3.8) is 0 Å². The Hall–Kier alpha value is -2.86. The second-order valence-electron chi connectivity index (χ2n) is 7.68. The molecule has 0 aliphatic carbocycles. The zero-order valence-electron chi connectivity index (χ0n) is 18.2. The lowest BCUT2D eigenvalue weighted by Gasteiger charge is -2.24. The number of likely N-dealkylation sites (N-methyl/N-ethyl adjacent to an activating group) is 1. The van der Waals surface area contributed by atoms with E-state index in [9.17, 15) is 9.59 Å². The Balaban J connectivity index is 1.85. The van der Waals surface area contributed by atoms with Crippen molar-refractivity contribution in [2.24, 2.45) is 0 Å². The molecule has 0 saturated carbocycles. The van der Waals surface area contributed by atoms with E-state index in [-0.39, 0.29) is 24.4 Å². The molecule has 0 unspecified atom stereocenters. The van der Waals surface area contributed by atoms with Crippen molar-refractivity contribution in [3.05, 3.63) is 59.2 Å². The third-order valence-corrected chi connectivity index (χ3v) is 5.09. The molecular formula is C23H32N4O2. The monoisotopic (exact) mass is 396 g/mol. The van der Waals surface area contributed by atoms with Crippen LogP contribution in [0.1, 0.15) is 23.6 Å². The number of hydrogen-bond acceptors (Lipinski definition) is 4. The van der Waals surface area contributed by atoms with E-state index in [4.69, 9.17) is 0 Å². The topological polar surface area (TPSA) is 64.7 Å². The maximum atomic E-state index is 12.5. The van der Waals surface area contributed by atoms with Crippen molar-refractivity contribution in [1.29, 1.82) is 0 Å². The first kappa shape index (κ1) is 22.4. The minimum atomic E-state index is -0.350. The van der Waals surface area contributed by atoms with E-state index in [0.29, 0.717) is 6.54 Å². The van der Waals surface area contributed by atoms with E-state index in [0.717, 1.165) is 28.1 Å². The molecule has 2 rings (SSSR count). The number of anilines is 2. The number of aryl methyl sites for hydroxylation is 2. The van der Waals surface area contributed by atoms with E-state index in [1.54, 1.807) is 0 Å². The van der Waals surface area contributed by atoms with Crippen LogP contribution in [0.2, 0.25) is 0 Å². The van der Waals surface area contributed by atoms with Crippen molar-refractivity contribution in [1.82, 2.24) is 10.2 Å². The lowest BCUT2D eigenvalue weighted by atomic mass is 10.1. The number of nitrogens with one attached hydrogen (secondary N) is 2. The number of rotatable bonds is 8. The fourth-order valence-corrected chi connectivity index (χ4v) is 3.03. The summed E-state index contributed by atoms with van der Waals surface area (Å²) < 4.78 is 0. The zero-order chi connectivity index (χ0) is 21.6. The SMILES string of the molecule is Cc1cccc(C)c1NC(=O)CNC(=O)[C@@H](C)N(C)Cc1ccc(N(C)C)cc1. The summed E-state index contributed by atoms with van der Waals surface area (Å²) in [7, 11) is 5.91. The predicted molar refractivity (Wildman–Crippen MR) is 119 cm³/mol. The van der Waals surface area contributed by atoms with Gasteiger partial charge in [0.1, 0.15) is 0 Å². The summed E-state index contributed by atoms with van der Waals surface area (Å²) in [5, 5.41) is 5.62. The molecular weight excluding hydrogens is 364 g/mol. The Morgan fingerprint density at radius 3 is 2.10 bits per heavy atom. The van der Waals surface area contributed by atoms with Gasteiger partial charge in [-0.05, 0) is 56.6 Å². The smallest absolute Gasteiger partial charge is 0.243 e. The molecule has 0 bridgehead atoms. The Labute approximate surface area is 173 Å². The molecule has 0 aliphatic heterocycles. The first-order valence-corrected chi connectivity index (χ1v) is 9.79. The van der Waals surface area contributed by atoms with Gasteiger partial charge in [0.15, 0.2) is 0 Å². The molecule has 0 heterocycles. The first-order valence-electron chi connectivity index (χ1n) is 9.79. The van der Waals surface area contributed by atoms with Gasteiger partial charge in [-0.25, -0.2) is 0 Å². The van der Waals surface area contributed by atoms with Crippen molar-refractivity contribution >= 4 is 23.2 Å². The standard InChI is InChI=1S/C23H32N4O2/c1-16-8-7-9-17(2)22(16)25-21(28)14-24-23(29)18(3)27(6)15-19-10-12-20(13-11-19)26(4)5/h7-13,18H,14-15H2,1-6H3,(H,24,29)(H,25,28)/t18-/m1/s1. The molecule has 0 fully saturated rings. The molecule has 6 heteroatoms. The molecule has 0 radical (unpaired) electrons. The van der Waals surface area contributed by atoms with E-state index < -0.39 is 0 Å². The largest absolute Gasteiger partial charge is 0.378 e. The fraction of sp³-hybridized carbons (Fsp3) is 0.391. The summed E-state index contributed by atoms with van der Waals surface area (Å²) in [5.74, 6) is -0.404. The maximum Gasteiger partial charge on any atom is 0.243 e. The number of hydrogen-bond donors (Lipinski definition) is 2. The van der Waals surface area contributed by atoms with Crippen LogP contribution in [0.5, 0.6) is 0 Å². The summed E-state index contributed by atoms with van der Waals surface area (Å²) in [6.07, 6.45) is 0. The van der Waals surface area contributed by atoms with Crippen LogP contribution in [0.4, 0.5) is 11.4 Å². The van der Waals surface area contributed by atoms with Crippen molar-refractivity contribution in [2.45, 2.75) is 33.4 Å². The quantitative estimate of drug-likeness (QED) is 0.720. The molecule has 2 amide bonds. The molecule has 1 atom stereocenters. The van der Waals surface area contributed by atoms with Gasteiger partial charge in [-0.15, -0.1) is 0 Å². The highest BCUT2D eigenvalue weighted by Crippen LogP contribution is 2.19. The fourth-order valence-electron chi connectivity index (χ4n) is 3.03. The Morgan fingerprint density at radius 1 is 0.966 bits per heavy atom. The molecule has 6 nitrogen and oxygen atoms in total. The van der Waals surface area contributed by atoms with Gasteiger partial charge in [-0.2, -0.15) is 0 Å². The normalized spacial score (nSPS) is 11.8. The predicted octanol–water partition coefficient (Wildman–Crippen LogP) is 2.94. The third kappa shape index (κ3) is 6.32. The molecule has 2 aromatic rings. The highest BCUT2D eigenvalue weighted by molar-refractivity contribution is 5.96. The summed E-state index contributed by atoms with van der Waals surface area (Å²) >= 11 is 0. The van der Waals surface area contributed by atoms with Crippen molar-refractivity contribution in [3.8, 4) is 0 Å². The number of benzene rings is 2. The van der Waals surface area contributed by atoms with E-state index in [2.05, 4.69) is 34.9 Å². The average molecular weight is 397 g/mol. The van der Waals surface area contributed by atoms with Crippen LogP contribution in [0.3, 0.4) is 0 Å². The second kappa shape index (κ2) is 10.1. The highest BCUT2D eigenvalue weighted by atomic mass is 16.2. The van der Waals surface area contributed by atoms with Crippen LogP contribution in [0.15, 0.2) is 42.5 Å². The van der Waals surface area contributed by atoms with Crippen molar-refractivity contribution in [2.75, 3.05) is 37.9 Å². The Kier molecular flexibility index (Phi) is 7.79. The lowest BCUT2D eigenvalue weighted by Crippen LogP contribution is -2.45. The summed E-state index contributed by atoms with van der Waals surface area (Å²) in [6.45, 7) is 6.33. The van der Waals surface area contributed by atoms with Crippen LogP contribution < -0.4 is 15.5 Å². The van der Waals surface area contributed by atoms with Crippen molar-refractivity contribution < 1.29 is 9.59 Å². The lowest BCUT2D eigenvalue weighted by molar-refractivity contribution is -0.127. The summed E-state index contributed by atoms with van der Waals surface area (Å²) in [5.41, 5.74) is 5.07. The molecule has 2 aromatic carbocycles. The van der Waals surface area contributed by atoms with Crippen LogP contribution in [-0.2, 0) is 16.1 Å². The third-order valence-electron chi connectivity index (χ3n) is 5.09. The molecule has 0 aliphatic rings. The van der Waals surface area contributed by atoms with Crippen LogP contribution in [-0.4, -0.2) is 50.4 Å². The molecule has 29 heavy (non-hydrogen) atoms. The summed E-state index contributed by atoms with van der Waals surface area (Å²) in [6, 6.07) is 13.7. The summed E-state index contributed by atoms with van der Waals surface area (Å²) in [4.78, 5) is 28.7. The van der Waals surface area contributed by atoms with Crippen LogP contribution >= 0.6 is 0 Å². The highest BCUT2D eigenvalue weighted by Gasteiger charge is 2.19. The number of carbonyl (C=O) groups is 2. The minimum Gasteiger partial charge on any atom is -0.378 e. The first-order chi connectivity index (χ1) is 13.7. The number of amides is 2. The van der Waals surface area contributed by atoms with Crippen LogP contribution in [0.25, 0.3) is 0 Å². The van der Waals surface area contributed by atoms with E-state index >= 15 is 0 Å². The zero-order valence-corrected chi connectivity index (χ0v) is 18.2. The molecule has 156 valence electrons. The van der Waals surface area contributed by atoms with E-state index in [1.165, 1.54) is 0 Å². The molecule has 2 N–H and O–H groups in total. The molecule has 0 saturated heterocycles. The van der Waals surface area contributed by atoms with Gasteiger partial charge in [0.25, 0.3) is 0 Å². The second-order valence-corrected chi connectivity index (χ2v) is 7.68. The number of carbonyl (C=O) groups excluding carboxylic acids is 2. The number of para-hydroxylation sites is 1.